The van der Waals surface area contributed by atoms with Crippen LogP contribution in [0.3, 0.4) is 0 Å². The van der Waals surface area contributed by atoms with Crippen molar-refractivity contribution in [1.82, 2.24) is 4.57 Å². The molecule has 0 spiro atoms. The number of halogens is 3. The molecule has 0 amide bonds. The Bertz CT molecular complexity index is 596. The van der Waals surface area contributed by atoms with Gasteiger partial charge in [-0.3, -0.25) is 4.79 Å². The molecule has 0 saturated carbocycles. The molecule has 1 aromatic heterocycles. The second-order valence-corrected chi connectivity index (χ2v) is 4.42. The summed E-state index contributed by atoms with van der Waals surface area (Å²) in [5.41, 5.74) is 0.327. The first kappa shape index (κ1) is 12.7. The van der Waals surface area contributed by atoms with E-state index in [1.165, 1.54) is 12.1 Å². The Labute approximate surface area is 102 Å². The third-order valence-corrected chi connectivity index (χ3v) is 2.83. The molecule has 96 valence electrons. The molecular formula is C13H12F3NO. The Balaban J connectivity index is 2.70. The van der Waals surface area contributed by atoms with Gasteiger partial charge in [0.05, 0.1) is 11.3 Å². The highest BCUT2D eigenvalue weighted by Gasteiger charge is 2.30. The average Bonchev–Trinajstić information content (AvgIpc) is 2.64. The number of hydrogen-bond donors (Lipinski definition) is 0. The maximum absolute atomic E-state index is 12.6. The van der Waals surface area contributed by atoms with Crippen LogP contribution in [-0.4, -0.2) is 10.9 Å². The normalized spacial score (nSPS) is 12.3. The third-order valence-electron chi connectivity index (χ3n) is 2.83. The van der Waals surface area contributed by atoms with Gasteiger partial charge in [0.1, 0.15) is 0 Å². The first-order chi connectivity index (χ1) is 8.34. The maximum atomic E-state index is 12.6. The topological polar surface area (TPSA) is 22.0 Å². The molecule has 0 aliphatic heterocycles. The van der Waals surface area contributed by atoms with Gasteiger partial charge >= 0.3 is 6.18 Å². The minimum atomic E-state index is -4.37. The maximum Gasteiger partial charge on any atom is 0.416 e. The van der Waals surface area contributed by atoms with E-state index in [9.17, 15) is 18.0 Å². The van der Waals surface area contributed by atoms with Crippen LogP contribution in [0.2, 0.25) is 0 Å². The predicted molar refractivity (Wildman–Crippen MR) is 62.7 cm³/mol. The summed E-state index contributed by atoms with van der Waals surface area (Å²) in [6.07, 6.45) is -3.71. The molecule has 1 heterocycles. The zero-order chi connectivity index (χ0) is 13.5. The fraction of sp³-hybridized carbons (Fsp3) is 0.308. The van der Waals surface area contributed by atoms with Crippen LogP contribution in [0, 0.1) is 0 Å². The largest absolute Gasteiger partial charge is 0.416 e. The first-order valence-electron chi connectivity index (χ1n) is 5.52. The second kappa shape index (κ2) is 4.15. The number of rotatable bonds is 2. The van der Waals surface area contributed by atoms with E-state index in [4.69, 9.17) is 0 Å². The lowest BCUT2D eigenvalue weighted by atomic mass is 10.1. The van der Waals surface area contributed by atoms with Crippen LogP contribution in [0.5, 0.6) is 0 Å². The molecule has 2 aromatic rings. The number of aromatic nitrogens is 1. The van der Waals surface area contributed by atoms with E-state index >= 15 is 0 Å². The fourth-order valence-corrected chi connectivity index (χ4v) is 2.10. The Morgan fingerprint density at radius 3 is 2.39 bits per heavy atom. The van der Waals surface area contributed by atoms with Gasteiger partial charge in [-0.05, 0) is 38.1 Å². The average molecular weight is 255 g/mol. The number of carbonyl (C=O) groups is 1. The van der Waals surface area contributed by atoms with Crippen LogP contribution >= 0.6 is 0 Å². The molecule has 18 heavy (non-hydrogen) atoms. The summed E-state index contributed by atoms with van der Waals surface area (Å²) in [4.78, 5) is 10.9. The van der Waals surface area contributed by atoms with Crippen LogP contribution in [0.25, 0.3) is 10.9 Å². The molecule has 1 aromatic carbocycles. The molecule has 0 aliphatic rings. The molecule has 5 heteroatoms. The van der Waals surface area contributed by atoms with Crippen molar-refractivity contribution in [3.8, 4) is 0 Å². The van der Waals surface area contributed by atoms with Crippen molar-refractivity contribution >= 4 is 17.2 Å². The van der Waals surface area contributed by atoms with Crippen molar-refractivity contribution in [2.45, 2.75) is 26.1 Å². The van der Waals surface area contributed by atoms with Crippen molar-refractivity contribution in [3.63, 3.8) is 0 Å². The highest BCUT2D eigenvalue weighted by atomic mass is 19.4. The van der Waals surface area contributed by atoms with Crippen LogP contribution in [0.15, 0.2) is 24.3 Å². The SMILES string of the molecule is CC(C)n1c(C=O)cc2cc(C(F)(F)F)ccc21. The van der Waals surface area contributed by atoms with Crippen LogP contribution in [0.1, 0.15) is 35.9 Å². The Hall–Kier alpha value is -1.78. The van der Waals surface area contributed by atoms with Gasteiger partial charge in [-0.1, -0.05) is 0 Å². The lowest BCUT2D eigenvalue weighted by Crippen LogP contribution is -2.06. The number of hydrogen-bond acceptors (Lipinski definition) is 1. The van der Waals surface area contributed by atoms with Gasteiger partial charge < -0.3 is 4.57 Å². The minimum absolute atomic E-state index is 0.0134. The Morgan fingerprint density at radius 1 is 1.22 bits per heavy atom. The van der Waals surface area contributed by atoms with Crippen LogP contribution in [0.4, 0.5) is 13.2 Å². The van der Waals surface area contributed by atoms with E-state index in [1.54, 1.807) is 4.57 Å². The van der Waals surface area contributed by atoms with Gasteiger partial charge in [0.15, 0.2) is 6.29 Å². The van der Waals surface area contributed by atoms with Gasteiger partial charge in [0, 0.05) is 16.9 Å². The van der Waals surface area contributed by atoms with Gasteiger partial charge in [-0.15, -0.1) is 0 Å². The molecular weight excluding hydrogens is 243 g/mol. The summed E-state index contributed by atoms with van der Waals surface area (Å²) in [7, 11) is 0. The zero-order valence-corrected chi connectivity index (χ0v) is 9.95. The van der Waals surface area contributed by atoms with E-state index in [0.29, 0.717) is 22.9 Å². The molecule has 0 radical (unpaired) electrons. The number of benzene rings is 1. The van der Waals surface area contributed by atoms with Crippen molar-refractivity contribution in [1.29, 1.82) is 0 Å². The van der Waals surface area contributed by atoms with Crippen molar-refractivity contribution < 1.29 is 18.0 Å². The molecule has 0 unspecified atom stereocenters. The van der Waals surface area contributed by atoms with Crippen molar-refractivity contribution in [2.75, 3.05) is 0 Å². The second-order valence-electron chi connectivity index (χ2n) is 4.42. The lowest BCUT2D eigenvalue weighted by Gasteiger charge is -2.12. The van der Waals surface area contributed by atoms with Crippen LogP contribution < -0.4 is 0 Å². The Kier molecular flexibility index (Phi) is 2.92. The summed E-state index contributed by atoms with van der Waals surface area (Å²) >= 11 is 0. The van der Waals surface area contributed by atoms with Gasteiger partial charge in [0.25, 0.3) is 0 Å². The van der Waals surface area contributed by atoms with Crippen LogP contribution in [-0.2, 0) is 6.18 Å². The van der Waals surface area contributed by atoms with Gasteiger partial charge in [0.2, 0.25) is 0 Å². The molecule has 2 nitrogen and oxygen atoms in total. The molecule has 0 aliphatic carbocycles. The lowest BCUT2D eigenvalue weighted by molar-refractivity contribution is -0.137. The monoisotopic (exact) mass is 255 g/mol. The fourth-order valence-electron chi connectivity index (χ4n) is 2.10. The van der Waals surface area contributed by atoms with Gasteiger partial charge in [-0.25, -0.2) is 0 Å². The minimum Gasteiger partial charge on any atom is -0.336 e. The number of nitrogens with zero attached hydrogens (tertiary/aromatic N) is 1. The highest BCUT2D eigenvalue weighted by molar-refractivity contribution is 5.89. The molecule has 0 saturated heterocycles. The molecule has 0 atom stereocenters. The quantitative estimate of drug-likeness (QED) is 0.742. The smallest absolute Gasteiger partial charge is 0.336 e. The standard InChI is InChI=1S/C13H12F3NO/c1-8(2)17-11(7-18)6-9-5-10(13(14,15)16)3-4-12(9)17/h3-8H,1-2H3. The summed E-state index contributed by atoms with van der Waals surface area (Å²) in [6.45, 7) is 3.76. The van der Waals surface area contributed by atoms with E-state index in [-0.39, 0.29) is 6.04 Å². The molecule has 2 rings (SSSR count). The number of aldehydes is 1. The van der Waals surface area contributed by atoms with E-state index in [1.807, 2.05) is 13.8 Å². The highest BCUT2D eigenvalue weighted by Crippen LogP contribution is 2.33. The number of alkyl halides is 3. The first-order valence-corrected chi connectivity index (χ1v) is 5.52. The number of carbonyl (C=O) groups excluding carboxylic acids is 1. The number of fused-ring (bicyclic) bond motifs is 1. The van der Waals surface area contributed by atoms with E-state index in [0.717, 1.165) is 12.1 Å². The zero-order valence-electron chi connectivity index (χ0n) is 9.95. The molecule has 0 fully saturated rings. The summed E-state index contributed by atoms with van der Waals surface area (Å²) in [5.74, 6) is 0. The van der Waals surface area contributed by atoms with E-state index < -0.39 is 11.7 Å². The summed E-state index contributed by atoms with van der Waals surface area (Å²) < 4.78 is 39.5. The molecule has 0 N–H and O–H groups in total. The molecule has 0 bridgehead atoms. The van der Waals surface area contributed by atoms with E-state index in [2.05, 4.69) is 0 Å². The predicted octanol–water partition coefficient (Wildman–Crippen LogP) is 4.05. The summed E-state index contributed by atoms with van der Waals surface area (Å²) in [5, 5.41) is 0.431. The van der Waals surface area contributed by atoms with Crippen molar-refractivity contribution in [3.05, 3.63) is 35.5 Å². The third kappa shape index (κ3) is 2.00. The van der Waals surface area contributed by atoms with Gasteiger partial charge in [-0.2, -0.15) is 13.2 Å². The Morgan fingerprint density at radius 2 is 1.89 bits per heavy atom. The summed E-state index contributed by atoms with van der Waals surface area (Å²) in [6, 6.07) is 5.01. The van der Waals surface area contributed by atoms with Crippen molar-refractivity contribution in [2.24, 2.45) is 0 Å².